The Morgan fingerprint density at radius 2 is 1.76 bits per heavy atom. The maximum atomic E-state index is 12.6. The molecule has 0 fully saturated rings. The Kier molecular flexibility index (Phi) is 5.93. The number of carbonyl (C=O) groups is 1. The topological polar surface area (TPSA) is 35.5 Å². The van der Waals surface area contributed by atoms with Gasteiger partial charge >= 0.3 is 0 Å². The van der Waals surface area contributed by atoms with Crippen molar-refractivity contribution in [2.45, 2.75) is 18.4 Å². The minimum atomic E-state index is 0.0580. The highest BCUT2D eigenvalue weighted by Crippen LogP contribution is 2.41. The number of fused-ring (bicyclic) bond motifs is 1. The lowest BCUT2D eigenvalue weighted by Crippen LogP contribution is -2.00. The normalized spacial score (nSPS) is 14.1. The number of benzene rings is 3. The number of ether oxygens (including phenoxy) is 2. The van der Waals surface area contributed by atoms with Gasteiger partial charge in [0.15, 0.2) is 11.5 Å². The van der Waals surface area contributed by atoms with Gasteiger partial charge < -0.3 is 9.47 Å². The zero-order valence-corrected chi connectivity index (χ0v) is 17.4. The van der Waals surface area contributed by atoms with Gasteiger partial charge in [-0.1, -0.05) is 59.8 Å². The first-order chi connectivity index (χ1) is 14.2. The molecule has 0 spiro atoms. The summed E-state index contributed by atoms with van der Waals surface area (Å²) in [7, 11) is 0. The van der Waals surface area contributed by atoms with E-state index in [0.29, 0.717) is 34.6 Å². The van der Waals surface area contributed by atoms with Crippen molar-refractivity contribution in [3.8, 4) is 11.5 Å². The van der Waals surface area contributed by atoms with E-state index in [-0.39, 0.29) is 5.78 Å². The van der Waals surface area contributed by atoms with Gasteiger partial charge in [0.1, 0.15) is 6.61 Å². The summed E-state index contributed by atoms with van der Waals surface area (Å²) in [6, 6.07) is 20.9. The molecular weight excluding hydrogens is 404 g/mol. The molecule has 0 atom stereocenters. The van der Waals surface area contributed by atoms with Crippen LogP contribution in [0.3, 0.4) is 0 Å². The Hall–Kier alpha value is -2.69. The van der Waals surface area contributed by atoms with E-state index >= 15 is 0 Å². The predicted octanol–water partition coefficient (Wildman–Crippen LogP) is 6.65. The number of rotatable bonds is 6. The van der Waals surface area contributed by atoms with Gasteiger partial charge in [-0.2, -0.15) is 0 Å². The Morgan fingerprint density at radius 3 is 2.55 bits per heavy atom. The molecule has 3 aromatic carbocycles. The van der Waals surface area contributed by atoms with Gasteiger partial charge in [-0.05, 0) is 48.9 Å². The molecule has 1 aliphatic rings. The lowest BCUT2D eigenvalue weighted by molar-refractivity contribution is 0.104. The molecule has 0 amide bonds. The van der Waals surface area contributed by atoms with Crippen molar-refractivity contribution in [1.82, 2.24) is 0 Å². The standard InChI is InChI=1S/C24H19ClO3S/c1-2-27-21-13-16(14-23-24(26)18-8-4-6-10-22(18)29-23)11-12-20(21)28-15-17-7-3-5-9-19(17)25/h3-14H,2,15H2,1H3/b23-14+. The molecule has 0 unspecified atom stereocenters. The highest BCUT2D eigenvalue weighted by molar-refractivity contribution is 8.04. The molecule has 1 aliphatic heterocycles. The summed E-state index contributed by atoms with van der Waals surface area (Å²) in [4.78, 5) is 14.3. The minimum absolute atomic E-state index is 0.0580. The number of hydrogen-bond donors (Lipinski definition) is 0. The van der Waals surface area contributed by atoms with Crippen LogP contribution in [0.1, 0.15) is 28.4 Å². The molecular formula is C24H19ClO3S. The van der Waals surface area contributed by atoms with E-state index in [1.54, 1.807) is 0 Å². The summed E-state index contributed by atoms with van der Waals surface area (Å²) in [6.07, 6.45) is 1.90. The molecule has 0 bridgehead atoms. The van der Waals surface area contributed by atoms with Crippen molar-refractivity contribution in [3.05, 3.63) is 93.3 Å². The van der Waals surface area contributed by atoms with Crippen molar-refractivity contribution in [2.24, 2.45) is 0 Å². The first-order valence-electron chi connectivity index (χ1n) is 9.32. The molecule has 3 aromatic rings. The van der Waals surface area contributed by atoms with Crippen LogP contribution in [-0.4, -0.2) is 12.4 Å². The van der Waals surface area contributed by atoms with Crippen LogP contribution in [0, 0.1) is 0 Å². The molecule has 1 heterocycles. The van der Waals surface area contributed by atoms with E-state index < -0.39 is 0 Å². The van der Waals surface area contributed by atoms with Crippen LogP contribution in [0.4, 0.5) is 0 Å². The van der Waals surface area contributed by atoms with Crippen LogP contribution in [-0.2, 0) is 6.61 Å². The van der Waals surface area contributed by atoms with Crippen LogP contribution in [0.5, 0.6) is 11.5 Å². The summed E-state index contributed by atoms with van der Waals surface area (Å²) in [5, 5.41) is 0.670. The number of allylic oxidation sites excluding steroid dienone is 1. The smallest absolute Gasteiger partial charge is 0.200 e. The van der Waals surface area contributed by atoms with Gasteiger partial charge in [0.25, 0.3) is 0 Å². The van der Waals surface area contributed by atoms with Crippen LogP contribution in [0.25, 0.3) is 6.08 Å². The van der Waals surface area contributed by atoms with Crippen LogP contribution >= 0.6 is 23.4 Å². The molecule has 146 valence electrons. The summed E-state index contributed by atoms with van der Waals surface area (Å²) < 4.78 is 11.7. The highest BCUT2D eigenvalue weighted by atomic mass is 35.5. The largest absolute Gasteiger partial charge is 0.490 e. The molecule has 0 saturated carbocycles. The molecule has 0 saturated heterocycles. The molecule has 29 heavy (non-hydrogen) atoms. The lowest BCUT2D eigenvalue weighted by Gasteiger charge is -2.13. The first kappa shape index (κ1) is 19.6. The van der Waals surface area contributed by atoms with E-state index in [1.165, 1.54) is 11.8 Å². The van der Waals surface area contributed by atoms with Crippen LogP contribution < -0.4 is 9.47 Å². The van der Waals surface area contributed by atoms with Crippen LogP contribution in [0.2, 0.25) is 5.02 Å². The third-order valence-corrected chi connectivity index (χ3v) is 5.95. The average Bonchev–Trinajstić information content (AvgIpc) is 3.04. The van der Waals surface area contributed by atoms with E-state index in [9.17, 15) is 4.79 Å². The van der Waals surface area contributed by atoms with Crippen molar-refractivity contribution in [1.29, 1.82) is 0 Å². The summed E-state index contributed by atoms with van der Waals surface area (Å²) in [5.41, 5.74) is 2.56. The number of Topliss-reactive ketones (excluding diaryl/α,β-unsaturated/α-hetero) is 1. The second-order valence-electron chi connectivity index (χ2n) is 6.46. The number of ketones is 1. The summed E-state index contributed by atoms with van der Waals surface area (Å²) in [5.74, 6) is 1.34. The molecule has 3 nitrogen and oxygen atoms in total. The van der Waals surface area contributed by atoms with Gasteiger partial charge in [0.2, 0.25) is 5.78 Å². The Balaban J connectivity index is 1.56. The van der Waals surface area contributed by atoms with Crippen molar-refractivity contribution in [2.75, 3.05) is 6.61 Å². The van der Waals surface area contributed by atoms with Crippen molar-refractivity contribution >= 4 is 35.2 Å². The number of thioether (sulfide) groups is 1. The molecule has 5 heteroatoms. The molecule has 0 aromatic heterocycles. The first-order valence-corrected chi connectivity index (χ1v) is 10.5. The zero-order valence-electron chi connectivity index (χ0n) is 15.9. The number of halogens is 1. The maximum absolute atomic E-state index is 12.6. The monoisotopic (exact) mass is 422 g/mol. The van der Waals surface area contributed by atoms with E-state index in [2.05, 4.69) is 0 Å². The second kappa shape index (κ2) is 8.76. The average molecular weight is 423 g/mol. The minimum Gasteiger partial charge on any atom is -0.490 e. The fourth-order valence-corrected chi connectivity index (χ4v) is 4.30. The molecule has 0 N–H and O–H groups in total. The summed E-state index contributed by atoms with van der Waals surface area (Å²) >= 11 is 7.71. The van der Waals surface area contributed by atoms with Gasteiger partial charge in [-0.3, -0.25) is 4.79 Å². The Morgan fingerprint density at radius 1 is 0.966 bits per heavy atom. The van der Waals surface area contributed by atoms with Gasteiger partial charge in [-0.25, -0.2) is 0 Å². The molecule has 0 aliphatic carbocycles. The Bertz CT molecular complexity index is 1090. The van der Waals surface area contributed by atoms with Crippen LogP contribution in [0.15, 0.2) is 76.5 Å². The third-order valence-electron chi connectivity index (χ3n) is 4.48. The second-order valence-corrected chi connectivity index (χ2v) is 7.95. The van der Waals surface area contributed by atoms with Crippen molar-refractivity contribution < 1.29 is 14.3 Å². The lowest BCUT2D eigenvalue weighted by atomic mass is 10.1. The fourth-order valence-electron chi connectivity index (χ4n) is 3.06. The van der Waals surface area contributed by atoms with Gasteiger partial charge in [0, 0.05) is 21.0 Å². The van der Waals surface area contributed by atoms with E-state index in [0.717, 1.165) is 21.6 Å². The highest BCUT2D eigenvalue weighted by Gasteiger charge is 2.25. The Labute approximate surface area is 179 Å². The molecule has 4 rings (SSSR count). The SMILES string of the molecule is CCOc1cc(/C=C2/Sc3ccccc3C2=O)ccc1OCc1ccccc1Cl. The summed E-state index contributed by atoms with van der Waals surface area (Å²) in [6.45, 7) is 2.79. The number of carbonyl (C=O) groups excluding carboxylic acids is 1. The zero-order chi connectivity index (χ0) is 20.2. The van der Waals surface area contributed by atoms with Gasteiger partial charge in [-0.15, -0.1) is 0 Å². The van der Waals surface area contributed by atoms with E-state index in [1.807, 2.05) is 79.7 Å². The molecule has 0 radical (unpaired) electrons. The maximum Gasteiger partial charge on any atom is 0.200 e. The third kappa shape index (κ3) is 4.34. The number of hydrogen-bond acceptors (Lipinski definition) is 4. The van der Waals surface area contributed by atoms with Gasteiger partial charge in [0.05, 0.1) is 11.5 Å². The quantitative estimate of drug-likeness (QED) is 0.417. The fraction of sp³-hybridized carbons (Fsp3) is 0.125. The van der Waals surface area contributed by atoms with Crippen molar-refractivity contribution in [3.63, 3.8) is 0 Å². The van der Waals surface area contributed by atoms with E-state index in [4.69, 9.17) is 21.1 Å². The predicted molar refractivity (Wildman–Crippen MR) is 118 cm³/mol.